The van der Waals surface area contributed by atoms with Crippen molar-refractivity contribution < 1.29 is 9.90 Å². The van der Waals surface area contributed by atoms with Gasteiger partial charge in [0.05, 0.1) is 23.2 Å². The molecule has 1 atom stereocenters. The molecule has 0 radical (unpaired) electrons. The number of fused-ring (bicyclic) bond motifs is 1. The highest BCUT2D eigenvalue weighted by atomic mass is 32.1. The summed E-state index contributed by atoms with van der Waals surface area (Å²) in [6.45, 7) is 3.61. The first-order valence-corrected chi connectivity index (χ1v) is 8.07. The molecule has 2 aromatic rings. The van der Waals surface area contributed by atoms with Crippen molar-refractivity contribution in [2.75, 3.05) is 11.4 Å². The Morgan fingerprint density at radius 1 is 1.48 bits per heavy atom. The van der Waals surface area contributed by atoms with E-state index in [1.54, 1.807) is 11.3 Å². The summed E-state index contributed by atoms with van der Waals surface area (Å²) < 4.78 is 0. The van der Waals surface area contributed by atoms with E-state index in [1.807, 2.05) is 24.3 Å². The van der Waals surface area contributed by atoms with Crippen LogP contribution in [0.3, 0.4) is 0 Å². The van der Waals surface area contributed by atoms with Crippen LogP contribution in [0, 0.1) is 0 Å². The third-order valence-corrected chi connectivity index (χ3v) is 4.94. The molecule has 21 heavy (non-hydrogen) atoms. The van der Waals surface area contributed by atoms with E-state index in [4.69, 9.17) is 0 Å². The van der Waals surface area contributed by atoms with E-state index in [0.717, 1.165) is 41.5 Å². The number of thiazole rings is 1. The third kappa shape index (κ3) is 2.78. The molecule has 1 aliphatic rings. The number of carboxylic acid groups (broad SMARTS) is 1. The van der Waals surface area contributed by atoms with Crippen LogP contribution in [-0.2, 0) is 17.8 Å². The zero-order valence-electron chi connectivity index (χ0n) is 12.0. The smallest absolute Gasteiger partial charge is 0.311 e. The van der Waals surface area contributed by atoms with Gasteiger partial charge in [0.15, 0.2) is 0 Å². The van der Waals surface area contributed by atoms with E-state index in [9.17, 15) is 9.90 Å². The van der Waals surface area contributed by atoms with Gasteiger partial charge in [0, 0.05) is 17.6 Å². The van der Waals surface area contributed by atoms with Crippen molar-refractivity contribution in [2.24, 2.45) is 0 Å². The molecule has 1 aliphatic heterocycles. The average Bonchev–Trinajstić information content (AvgIpc) is 2.95. The van der Waals surface area contributed by atoms with E-state index in [0.29, 0.717) is 6.42 Å². The van der Waals surface area contributed by atoms with E-state index in [2.05, 4.69) is 22.2 Å². The molecule has 0 fully saturated rings. The van der Waals surface area contributed by atoms with Crippen molar-refractivity contribution in [3.05, 3.63) is 45.9 Å². The van der Waals surface area contributed by atoms with Gasteiger partial charge in [0.25, 0.3) is 0 Å². The molecule has 0 amide bonds. The third-order valence-electron chi connectivity index (χ3n) is 3.89. The minimum Gasteiger partial charge on any atom is -0.481 e. The molecule has 0 saturated heterocycles. The van der Waals surface area contributed by atoms with Crippen LogP contribution >= 0.6 is 11.3 Å². The van der Waals surface area contributed by atoms with E-state index >= 15 is 0 Å². The predicted octanol–water partition coefficient (Wildman–Crippen LogP) is 3.28. The van der Waals surface area contributed by atoms with Gasteiger partial charge in [0.2, 0.25) is 0 Å². The largest absolute Gasteiger partial charge is 0.481 e. The molecule has 5 heteroatoms. The quantitative estimate of drug-likeness (QED) is 0.941. The lowest BCUT2D eigenvalue weighted by Gasteiger charge is -2.33. The van der Waals surface area contributed by atoms with Gasteiger partial charge in [0.1, 0.15) is 0 Å². The number of aryl methyl sites for hydroxylation is 1. The molecular formula is C16H18N2O2S. The van der Waals surface area contributed by atoms with Crippen molar-refractivity contribution in [3.8, 4) is 0 Å². The predicted molar refractivity (Wildman–Crippen MR) is 84.0 cm³/mol. The number of carbonyl (C=O) groups is 1. The normalized spacial score (nSPS) is 17.6. The average molecular weight is 302 g/mol. The van der Waals surface area contributed by atoms with Crippen molar-refractivity contribution >= 4 is 23.0 Å². The molecule has 0 saturated carbocycles. The van der Waals surface area contributed by atoms with Gasteiger partial charge in [-0.3, -0.25) is 4.79 Å². The topological polar surface area (TPSA) is 53.4 Å². The lowest BCUT2D eigenvalue weighted by molar-refractivity contribution is -0.139. The minimum absolute atomic E-state index is 0.390. The fraction of sp³-hybridized carbons (Fsp3) is 0.375. The monoisotopic (exact) mass is 302 g/mol. The Labute approximate surface area is 128 Å². The second-order valence-corrected chi connectivity index (χ2v) is 6.19. The summed E-state index contributed by atoms with van der Waals surface area (Å²) in [4.78, 5) is 18.2. The number of aromatic nitrogens is 1. The van der Waals surface area contributed by atoms with Crippen molar-refractivity contribution in [3.63, 3.8) is 0 Å². The summed E-state index contributed by atoms with van der Waals surface area (Å²) in [6.07, 6.45) is 1.61. The molecule has 110 valence electrons. The zero-order chi connectivity index (χ0) is 14.8. The number of hydrogen-bond acceptors (Lipinski definition) is 4. The molecule has 1 unspecified atom stereocenters. The fourth-order valence-electron chi connectivity index (χ4n) is 2.83. The zero-order valence-corrected chi connectivity index (χ0v) is 12.8. The Hall–Kier alpha value is -1.88. The van der Waals surface area contributed by atoms with E-state index in [1.165, 1.54) is 0 Å². The van der Waals surface area contributed by atoms with E-state index < -0.39 is 5.97 Å². The summed E-state index contributed by atoms with van der Waals surface area (Å²) in [5, 5.41) is 12.6. The summed E-state index contributed by atoms with van der Waals surface area (Å²) in [5.74, 6) is -1.12. The molecule has 1 aromatic heterocycles. The maximum Gasteiger partial charge on any atom is 0.311 e. The number of rotatable bonds is 4. The van der Waals surface area contributed by atoms with Crippen molar-refractivity contribution in [1.82, 2.24) is 4.98 Å². The standard InChI is InChI=1S/C16H18N2O2S/c1-2-15-17-11(10-21-15)9-18-8-7-13(16(19)20)12-5-3-4-6-14(12)18/h3-6,10,13H,2,7-9H2,1H3,(H,19,20). The number of anilines is 1. The summed E-state index contributed by atoms with van der Waals surface area (Å²) >= 11 is 1.69. The van der Waals surface area contributed by atoms with Crippen LogP contribution in [-0.4, -0.2) is 22.6 Å². The summed E-state index contributed by atoms with van der Waals surface area (Å²) in [6, 6.07) is 7.82. The van der Waals surface area contributed by atoms with Gasteiger partial charge in [-0.25, -0.2) is 4.98 Å². The number of benzene rings is 1. The Bertz CT molecular complexity index is 653. The highest BCUT2D eigenvalue weighted by molar-refractivity contribution is 7.09. The molecular weight excluding hydrogens is 284 g/mol. The highest BCUT2D eigenvalue weighted by Crippen LogP contribution is 2.36. The number of aliphatic carboxylic acids is 1. The molecule has 1 aromatic carbocycles. The first-order valence-electron chi connectivity index (χ1n) is 7.19. The number of carboxylic acids is 1. The SMILES string of the molecule is CCc1nc(CN2CCC(C(=O)O)c3ccccc32)cs1. The summed E-state index contributed by atoms with van der Waals surface area (Å²) in [7, 11) is 0. The number of para-hydroxylation sites is 1. The molecule has 4 nitrogen and oxygen atoms in total. The van der Waals surface area contributed by atoms with Crippen molar-refractivity contribution in [2.45, 2.75) is 32.2 Å². The molecule has 1 N–H and O–H groups in total. The first-order chi connectivity index (χ1) is 10.2. The highest BCUT2D eigenvalue weighted by Gasteiger charge is 2.29. The lowest BCUT2D eigenvalue weighted by atomic mass is 9.90. The van der Waals surface area contributed by atoms with Gasteiger partial charge in [-0.15, -0.1) is 11.3 Å². The van der Waals surface area contributed by atoms with Crippen LogP contribution < -0.4 is 4.90 Å². The van der Waals surface area contributed by atoms with Gasteiger partial charge in [-0.2, -0.15) is 0 Å². The molecule has 2 heterocycles. The number of hydrogen-bond donors (Lipinski definition) is 1. The molecule has 0 spiro atoms. The van der Waals surface area contributed by atoms with Gasteiger partial charge in [-0.05, 0) is 24.5 Å². The Morgan fingerprint density at radius 2 is 2.29 bits per heavy atom. The molecule has 3 rings (SSSR count). The van der Waals surface area contributed by atoms with Crippen LogP contribution in [0.25, 0.3) is 0 Å². The fourth-order valence-corrected chi connectivity index (χ4v) is 3.57. The van der Waals surface area contributed by atoms with Crippen molar-refractivity contribution in [1.29, 1.82) is 0 Å². The Kier molecular flexibility index (Phi) is 3.92. The number of nitrogens with zero attached hydrogens (tertiary/aromatic N) is 2. The maximum absolute atomic E-state index is 11.4. The van der Waals surface area contributed by atoms with E-state index in [-0.39, 0.29) is 5.92 Å². The van der Waals surface area contributed by atoms with Crippen LogP contribution in [0.4, 0.5) is 5.69 Å². The second kappa shape index (κ2) is 5.85. The molecule has 0 aliphatic carbocycles. The van der Waals surface area contributed by atoms with Gasteiger partial charge in [-0.1, -0.05) is 25.1 Å². The minimum atomic E-state index is -0.732. The van der Waals surface area contributed by atoms with Gasteiger partial charge < -0.3 is 10.0 Å². The Balaban J connectivity index is 1.87. The molecule has 0 bridgehead atoms. The Morgan fingerprint density at radius 3 is 3.00 bits per heavy atom. The van der Waals surface area contributed by atoms with Crippen LogP contribution in [0.2, 0.25) is 0 Å². The van der Waals surface area contributed by atoms with Crippen LogP contribution in [0.1, 0.15) is 35.5 Å². The summed E-state index contributed by atoms with van der Waals surface area (Å²) in [5.41, 5.74) is 3.02. The second-order valence-electron chi connectivity index (χ2n) is 5.25. The van der Waals surface area contributed by atoms with Crippen LogP contribution in [0.15, 0.2) is 29.6 Å². The van der Waals surface area contributed by atoms with Gasteiger partial charge >= 0.3 is 5.97 Å². The lowest BCUT2D eigenvalue weighted by Crippen LogP contribution is -2.33. The maximum atomic E-state index is 11.4. The first kappa shape index (κ1) is 14.1. The van der Waals surface area contributed by atoms with Crippen LogP contribution in [0.5, 0.6) is 0 Å².